The Morgan fingerprint density at radius 1 is 1.37 bits per heavy atom. The van der Waals surface area contributed by atoms with Crippen molar-refractivity contribution in [1.29, 1.82) is 0 Å². The van der Waals surface area contributed by atoms with Gasteiger partial charge in [0.05, 0.1) is 6.04 Å². The van der Waals surface area contributed by atoms with E-state index in [2.05, 4.69) is 15.0 Å². The lowest BCUT2D eigenvalue weighted by atomic mass is 10.1. The van der Waals surface area contributed by atoms with Crippen LogP contribution in [0.5, 0.6) is 0 Å². The maximum Gasteiger partial charge on any atom is 0.241 e. The number of piperidine rings is 1. The molecular formula is C11H20N4O3S. The first kappa shape index (κ1) is 14.4. The minimum Gasteiger partial charge on any atom is -0.338 e. The van der Waals surface area contributed by atoms with Gasteiger partial charge in [0.1, 0.15) is 5.75 Å². The molecular weight excluding hydrogens is 268 g/mol. The van der Waals surface area contributed by atoms with Gasteiger partial charge in [-0.1, -0.05) is 11.6 Å². The summed E-state index contributed by atoms with van der Waals surface area (Å²) in [7, 11) is -3.16. The van der Waals surface area contributed by atoms with E-state index in [0.29, 0.717) is 12.4 Å². The molecule has 108 valence electrons. The number of hydrogen-bond acceptors (Lipinski definition) is 7. The molecule has 1 aromatic heterocycles. The Hall–Kier alpha value is -0.990. The molecule has 1 saturated heterocycles. The summed E-state index contributed by atoms with van der Waals surface area (Å²) < 4.78 is 27.2. The van der Waals surface area contributed by atoms with Crippen LogP contribution < -0.4 is 5.73 Å². The summed E-state index contributed by atoms with van der Waals surface area (Å²) >= 11 is 0. The Bertz CT molecular complexity index is 508. The fourth-order valence-corrected chi connectivity index (χ4v) is 2.77. The molecule has 1 fully saturated rings. The van der Waals surface area contributed by atoms with E-state index in [1.165, 1.54) is 19.3 Å². The highest BCUT2D eigenvalue weighted by Crippen LogP contribution is 2.14. The minimum absolute atomic E-state index is 0.103. The zero-order chi connectivity index (χ0) is 13.9. The largest absolute Gasteiger partial charge is 0.338 e. The quantitative estimate of drug-likeness (QED) is 0.819. The predicted molar refractivity (Wildman–Crippen MR) is 70.1 cm³/mol. The van der Waals surface area contributed by atoms with Crippen molar-refractivity contribution in [2.24, 2.45) is 5.73 Å². The third kappa shape index (κ3) is 4.55. The first-order chi connectivity index (χ1) is 8.94. The lowest BCUT2D eigenvalue weighted by molar-refractivity contribution is 0.213. The van der Waals surface area contributed by atoms with Crippen molar-refractivity contribution < 1.29 is 12.9 Å². The number of sulfone groups is 1. The van der Waals surface area contributed by atoms with Crippen molar-refractivity contribution in [3.05, 3.63) is 11.7 Å². The van der Waals surface area contributed by atoms with E-state index < -0.39 is 9.84 Å². The smallest absolute Gasteiger partial charge is 0.241 e. The highest BCUT2D eigenvalue weighted by Gasteiger charge is 2.20. The molecule has 7 nitrogen and oxygen atoms in total. The fraction of sp³-hybridized carbons (Fsp3) is 0.818. The molecule has 0 spiro atoms. The first-order valence-electron chi connectivity index (χ1n) is 6.42. The number of aromatic nitrogens is 2. The van der Waals surface area contributed by atoms with E-state index in [1.54, 1.807) is 0 Å². The maximum absolute atomic E-state index is 11.1. The molecule has 0 aliphatic carbocycles. The van der Waals surface area contributed by atoms with Crippen LogP contribution in [0.4, 0.5) is 0 Å². The molecule has 2 N–H and O–H groups in total. The van der Waals surface area contributed by atoms with Gasteiger partial charge in [-0.3, -0.25) is 0 Å². The van der Waals surface area contributed by atoms with Crippen LogP contribution in [0.2, 0.25) is 0 Å². The van der Waals surface area contributed by atoms with Crippen molar-refractivity contribution in [3.8, 4) is 0 Å². The van der Waals surface area contributed by atoms with E-state index >= 15 is 0 Å². The SMILES string of the molecule is CS(=O)(=O)Cc1nc(C(N)CN2CCCCC2)no1. The highest BCUT2D eigenvalue weighted by molar-refractivity contribution is 7.89. The monoisotopic (exact) mass is 288 g/mol. The van der Waals surface area contributed by atoms with Gasteiger partial charge in [-0.2, -0.15) is 4.98 Å². The summed E-state index contributed by atoms with van der Waals surface area (Å²) in [6.45, 7) is 2.77. The lowest BCUT2D eigenvalue weighted by Gasteiger charge is -2.27. The topological polar surface area (TPSA) is 102 Å². The van der Waals surface area contributed by atoms with E-state index in [9.17, 15) is 8.42 Å². The Morgan fingerprint density at radius 2 is 2.05 bits per heavy atom. The van der Waals surface area contributed by atoms with Crippen LogP contribution in [0.25, 0.3) is 0 Å². The number of nitrogens with zero attached hydrogens (tertiary/aromatic N) is 3. The Balaban J connectivity index is 1.93. The van der Waals surface area contributed by atoms with E-state index in [1.807, 2.05) is 0 Å². The van der Waals surface area contributed by atoms with Gasteiger partial charge < -0.3 is 15.2 Å². The van der Waals surface area contributed by atoms with Crippen LogP contribution in [0.15, 0.2) is 4.52 Å². The molecule has 0 bridgehead atoms. The van der Waals surface area contributed by atoms with E-state index in [-0.39, 0.29) is 17.7 Å². The molecule has 2 heterocycles. The number of hydrogen-bond donors (Lipinski definition) is 1. The molecule has 1 unspecified atom stereocenters. The molecule has 1 aliphatic rings. The Kier molecular flexibility index (Phi) is 4.54. The molecule has 8 heteroatoms. The van der Waals surface area contributed by atoms with Gasteiger partial charge in [0, 0.05) is 12.8 Å². The second-order valence-corrected chi connectivity index (χ2v) is 7.22. The molecule has 0 radical (unpaired) electrons. The molecule has 0 aromatic carbocycles. The van der Waals surface area contributed by atoms with Crippen LogP contribution in [0.1, 0.15) is 37.0 Å². The van der Waals surface area contributed by atoms with Crippen molar-refractivity contribution in [2.45, 2.75) is 31.1 Å². The molecule has 1 atom stereocenters. The Morgan fingerprint density at radius 3 is 2.68 bits per heavy atom. The fourth-order valence-electron chi connectivity index (χ4n) is 2.20. The average molecular weight is 288 g/mol. The molecule has 19 heavy (non-hydrogen) atoms. The normalized spacial score (nSPS) is 19.5. The summed E-state index contributed by atoms with van der Waals surface area (Å²) in [5.74, 6) is 0.243. The van der Waals surface area contributed by atoms with Crippen molar-refractivity contribution in [2.75, 3.05) is 25.9 Å². The van der Waals surface area contributed by atoms with Gasteiger partial charge in [-0.15, -0.1) is 0 Å². The zero-order valence-electron chi connectivity index (χ0n) is 11.1. The van der Waals surface area contributed by atoms with Crippen molar-refractivity contribution >= 4 is 9.84 Å². The van der Waals surface area contributed by atoms with E-state index in [4.69, 9.17) is 10.3 Å². The van der Waals surface area contributed by atoms with Gasteiger partial charge in [0.25, 0.3) is 0 Å². The van der Waals surface area contributed by atoms with Crippen molar-refractivity contribution in [3.63, 3.8) is 0 Å². The van der Waals surface area contributed by atoms with Crippen LogP contribution in [-0.2, 0) is 15.6 Å². The van der Waals surface area contributed by atoms with Gasteiger partial charge in [-0.25, -0.2) is 8.42 Å². The molecule has 1 aromatic rings. The molecule has 0 amide bonds. The van der Waals surface area contributed by atoms with Gasteiger partial charge in [-0.05, 0) is 25.9 Å². The molecule has 1 aliphatic heterocycles. The number of nitrogens with two attached hydrogens (primary N) is 1. The molecule has 2 rings (SSSR count). The summed E-state index contributed by atoms with van der Waals surface area (Å²) in [4.78, 5) is 6.33. The van der Waals surface area contributed by atoms with Crippen molar-refractivity contribution in [1.82, 2.24) is 15.0 Å². The summed E-state index contributed by atoms with van der Waals surface area (Å²) in [5.41, 5.74) is 6.03. The third-order valence-corrected chi connectivity index (χ3v) is 3.88. The predicted octanol–water partition coefficient (Wildman–Crippen LogP) is 0.0999. The third-order valence-electron chi connectivity index (χ3n) is 3.10. The van der Waals surface area contributed by atoms with Crippen LogP contribution >= 0.6 is 0 Å². The molecule has 0 saturated carbocycles. The maximum atomic E-state index is 11.1. The van der Waals surface area contributed by atoms with Crippen LogP contribution in [-0.4, -0.2) is 49.3 Å². The van der Waals surface area contributed by atoms with Crippen LogP contribution in [0, 0.1) is 0 Å². The summed E-state index contributed by atoms with van der Waals surface area (Å²) in [6.07, 6.45) is 4.79. The van der Waals surface area contributed by atoms with Gasteiger partial charge in [0.15, 0.2) is 15.7 Å². The van der Waals surface area contributed by atoms with Gasteiger partial charge >= 0.3 is 0 Å². The van der Waals surface area contributed by atoms with Gasteiger partial charge in [0.2, 0.25) is 5.89 Å². The second kappa shape index (κ2) is 5.98. The number of rotatable bonds is 5. The first-order valence-corrected chi connectivity index (χ1v) is 8.48. The zero-order valence-corrected chi connectivity index (χ0v) is 11.9. The van der Waals surface area contributed by atoms with Crippen LogP contribution in [0.3, 0.4) is 0 Å². The summed E-state index contributed by atoms with van der Waals surface area (Å²) in [5, 5.41) is 3.76. The average Bonchev–Trinajstić information content (AvgIpc) is 2.76. The highest BCUT2D eigenvalue weighted by atomic mass is 32.2. The summed E-state index contributed by atoms with van der Waals surface area (Å²) in [6, 6.07) is -0.338. The Labute approximate surface area is 113 Å². The van der Waals surface area contributed by atoms with E-state index in [0.717, 1.165) is 19.3 Å². The standard InChI is InChI=1S/C11H20N4O3S/c1-19(16,17)8-10-13-11(14-18-10)9(12)7-15-5-3-2-4-6-15/h9H,2-8,12H2,1H3. The number of likely N-dealkylation sites (tertiary alicyclic amines) is 1. The lowest BCUT2D eigenvalue weighted by Crippen LogP contribution is -2.36. The minimum atomic E-state index is -3.16. The second-order valence-electron chi connectivity index (χ2n) is 5.08.